The van der Waals surface area contributed by atoms with Crippen molar-refractivity contribution in [1.29, 1.82) is 0 Å². The van der Waals surface area contributed by atoms with Gasteiger partial charge in [-0.2, -0.15) is 0 Å². The van der Waals surface area contributed by atoms with Gasteiger partial charge >= 0.3 is 0 Å². The highest BCUT2D eigenvalue weighted by molar-refractivity contribution is 5.32. The zero-order chi connectivity index (χ0) is 17.7. The second kappa shape index (κ2) is 8.41. The molecule has 7 heteroatoms. The molecule has 1 aromatic rings. The summed E-state index contributed by atoms with van der Waals surface area (Å²) in [5.41, 5.74) is 0.529. The monoisotopic (exact) mass is 344 g/mol. The smallest absolute Gasteiger partial charge is 0.168 e. The summed E-state index contributed by atoms with van der Waals surface area (Å²) in [4.78, 5) is 0. The topological polar surface area (TPSA) is 46.2 Å². The van der Waals surface area contributed by atoms with Crippen LogP contribution >= 0.6 is 0 Å². The maximum Gasteiger partial charge on any atom is 0.168 e. The summed E-state index contributed by atoms with van der Waals surface area (Å²) in [6.07, 6.45) is -1.46. The van der Waals surface area contributed by atoms with Gasteiger partial charge in [-0.15, -0.1) is 0 Å². The first-order valence-corrected chi connectivity index (χ1v) is 7.52. The first-order chi connectivity index (χ1) is 11.5. The van der Waals surface area contributed by atoms with Crippen LogP contribution in [0.5, 0.6) is 0 Å². The molecule has 1 aliphatic rings. The second-order valence-electron chi connectivity index (χ2n) is 5.37. The summed E-state index contributed by atoms with van der Waals surface area (Å²) >= 11 is 0. The van der Waals surface area contributed by atoms with Crippen LogP contribution in [-0.4, -0.2) is 47.3 Å². The van der Waals surface area contributed by atoms with Crippen molar-refractivity contribution in [3.8, 4) is 0 Å². The summed E-state index contributed by atoms with van der Waals surface area (Å²) in [5.74, 6) is -0.450. The molecule has 0 N–H and O–H groups in total. The van der Waals surface area contributed by atoms with E-state index in [0.29, 0.717) is 23.7 Å². The van der Waals surface area contributed by atoms with E-state index >= 15 is 0 Å². The van der Waals surface area contributed by atoms with E-state index in [1.807, 2.05) is 0 Å². The van der Waals surface area contributed by atoms with Gasteiger partial charge in [-0.05, 0) is 18.6 Å². The predicted octanol–water partition coefficient (Wildman–Crippen LogP) is 2.88. The average molecular weight is 344 g/mol. The van der Waals surface area contributed by atoms with Crippen molar-refractivity contribution in [3.63, 3.8) is 0 Å². The van der Waals surface area contributed by atoms with Gasteiger partial charge in [0, 0.05) is 25.8 Å². The normalized spacial score (nSPS) is 20.4. The molecule has 0 saturated carbocycles. The van der Waals surface area contributed by atoms with Gasteiger partial charge in [0.2, 0.25) is 0 Å². The molecule has 1 aromatic carbocycles. The Morgan fingerprint density at radius 2 is 1.79 bits per heavy atom. The highest BCUT2D eigenvalue weighted by Gasteiger charge is 2.41. The Kier molecular flexibility index (Phi) is 6.53. The van der Waals surface area contributed by atoms with Crippen molar-refractivity contribution < 1.29 is 32.5 Å². The standard InChI is InChI=1S/C17H22F2O5/c1-10-7-11(13(19)8-12(10)18)15-17(23-6-5-20-2)16(22-4)14(24-15)9-21-3/h7-8,15,17H,5-6,9H2,1-4H3/t15-,17?/m0/s1. The van der Waals surface area contributed by atoms with E-state index in [2.05, 4.69) is 0 Å². The molecule has 24 heavy (non-hydrogen) atoms. The largest absolute Gasteiger partial charge is 0.495 e. The molecule has 1 unspecified atom stereocenters. The number of ether oxygens (including phenoxy) is 5. The molecule has 2 rings (SSSR count). The number of methoxy groups -OCH3 is 3. The van der Waals surface area contributed by atoms with Crippen LogP contribution in [0.25, 0.3) is 0 Å². The summed E-state index contributed by atoms with van der Waals surface area (Å²) < 4.78 is 54.9. The lowest BCUT2D eigenvalue weighted by molar-refractivity contribution is -0.0392. The molecule has 0 aliphatic carbocycles. The molecule has 0 spiro atoms. The summed E-state index contributed by atoms with van der Waals surface area (Å²) in [7, 11) is 4.55. The number of aryl methyl sites for hydroxylation is 1. The van der Waals surface area contributed by atoms with E-state index < -0.39 is 23.8 Å². The minimum absolute atomic E-state index is 0.158. The van der Waals surface area contributed by atoms with Gasteiger partial charge in [-0.3, -0.25) is 0 Å². The van der Waals surface area contributed by atoms with Crippen LogP contribution in [0.1, 0.15) is 17.2 Å². The quantitative estimate of drug-likeness (QED) is 0.679. The molecule has 1 heterocycles. The molecule has 0 aromatic heterocycles. The first-order valence-electron chi connectivity index (χ1n) is 7.52. The predicted molar refractivity (Wildman–Crippen MR) is 82.4 cm³/mol. The van der Waals surface area contributed by atoms with Crippen molar-refractivity contribution in [1.82, 2.24) is 0 Å². The number of halogens is 2. The Labute approximate surface area is 140 Å². The Morgan fingerprint density at radius 3 is 2.42 bits per heavy atom. The van der Waals surface area contributed by atoms with Gasteiger partial charge in [0.25, 0.3) is 0 Å². The van der Waals surface area contributed by atoms with Gasteiger partial charge in [-0.1, -0.05) is 0 Å². The number of benzene rings is 1. The van der Waals surface area contributed by atoms with Gasteiger partial charge in [0.15, 0.2) is 23.7 Å². The number of hydrogen-bond acceptors (Lipinski definition) is 5. The van der Waals surface area contributed by atoms with Gasteiger partial charge in [0.1, 0.15) is 18.2 Å². The summed E-state index contributed by atoms with van der Waals surface area (Å²) in [6.45, 7) is 2.36. The fourth-order valence-corrected chi connectivity index (χ4v) is 2.58. The third-order valence-corrected chi connectivity index (χ3v) is 3.74. The molecule has 1 aliphatic heterocycles. The molecule has 0 fully saturated rings. The van der Waals surface area contributed by atoms with Gasteiger partial charge in [-0.25, -0.2) is 8.78 Å². The minimum atomic E-state index is -0.791. The number of rotatable bonds is 8. The molecule has 0 saturated heterocycles. The minimum Gasteiger partial charge on any atom is -0.495 e. The van der Waals surface area contributed by atoms with E-state index in [9.17, 15) is 8.78 Å². The van der Waals surface area contributed by atoms with Crippen LogP contribution in [0.15, 0.2) is 23.7 Å². The van der Waals surface area contributed by atoms with Crippen LogP contribution in [0, 0.1) is 18.6 Å². The van der Waals surface area contributed by atoms with Crippen molar-refractivity contribution in [3.05, 3.63) is 46.4 Å². The summed E-state index contributed by atoms with van der Waals surface area (Å²) in [6, 6.07) is 2.27. The third-order valence-electron chi connectivity index (χ3n) is 3.74. The Bertz CT molecular complexity index is 603. The van der Waals surface area contributed by atoms with E-state index in [4.69, 9.17) is 23.7 Å². The van der Waals surface area contributed by atoms with Crippen molar-refractivity contribution >= 4 is 0 Å². The van der Waals surface area contributed by atoms with Crippen LogP contribution in [0.2, 0.25) is 0 Å². The Hall–Kier alpha value is -1.70. The molecule has 0 bridgehead atoms. The fraction of sp³-hybridized carbons (Fsp3) is 0.529. The van der Waals surface area contributed by atoms with Gasteiger partial charge in [0.05, 0.1) is 20.3 Å². The lowest BCUT2D eigenvalue weighted by atomic mass is 10.0. The molecule has 0 amide bonds. The zero-order valence-corrected chi connectivity index (χ0v) is 14.2. The summed E-state index contributed by atoms with van der Waals surface area (Å²) in [5, 5.41) is 0. The average Bonchev–Trinajstić information content (AvgIpc) is 2.89. The third kappa shape index (κ3) is 3.85. The maximum absolute atomic E-state index is 14.3. The SMILES string of the molecule is COCCOC1C(OC)=C(COC)O[C@H]1c1cc(C)c(F)cc1F. The molecular weight excluding hydrogens is 322 g/mol. The van der Waals surface area contributed by atoms with Crippen LogP contribution < -0.4 is 0 Å². The molecular formula is C17H22F2O5. The number of hydrogen-bond donors (Lipinski definition) is 0. The van der Waals surface area contributed by atoms with Crippen molar-refractivity contribution in [2.75, 3.05) is 41.2 Å². The van der Waals surface area contributed by atoms with Crippen LogP contribution in [0.4, 0.5) is 8.78 Å². The Morgan fingerprint density at radius 1 is 1.04 bits per heavy atom. The van der Waals surface area contributed by atoms with Crippen LogP contribution in [-0.2, 0) is 23.7 Å². The van der Waals surface area contributed by atoms with Crippen molar-refractivity contribution in [2.45, 2.75) is 19.1 Å². The fourth-order valence-electron chi connectivity index (χ4n) is 2.58. The highest BCUT2D eigenvalue weighted by Crippen LogP contribution is 2.40. The van der Waals surface area contributed by atoms with E-state index in [1.165, 1.54) is 20.3 Å². The first kappa shape index (κ1) is 18.6. The zero-order valence-electron chi connectivity index (χ0n) is 14.2. The van der Waals surface area contributed by atoms with Crippen LogP contribution in [0.3, 0.4) is 0 Å². The second-order valence-corrected chi connectivity index (χ2v) is 5.37. The van der Waals surface area contributed by atoms with E-state index in [-0.39, 0.29) is 18.8 Å². The molecule has 0 radical (unpaired) electrons. The van der Waals surface area contributed by atoms with Gasteiger partial charge < -0.3 is 23.7 Å². The highest BCUT2D eigenvalue weighted by atomic mass is 19.1. The van der Waals surface area contributed by atoms with Crippen molar-refractivity contribution in [2.24, 2.45) is 0 Å². The van der Waals surface area contributed by atoms with E-state index in [1.54, 1.807) is 14.0 Å². The molecule has 134 valence electrons. The van der Waals surface area contributed by atoms with E-state index in [0.717, 1.165) is 6.07 Å². The maximum atomic E-state index is 14.3. The lowest BCUT2D eigenvalue weighted by Gasteiger charge is -2.22. The lowest BCUT2D eigenvalue weighted by Crippen LogP contribution is -2.24. The molecule has 5 nitrogen and oxygen atoms in total. The molecule has 2 atom stereocenters. The Balaban J connectivity index is 2.35.